The molecule has 0 amide bonds. The molecule has 178 valence electrons. The fraction of sp³-hybridized carbons (Fsp3) is 0.429. The number of nitrogens with zero attached hydrogens (tertiary/aromatic N) is 7. The van der Waals surface area contributed by atoms with Gasteiger partial charge in [0, 0.05) is 36.9 Å². The lowest BCUT2D eigenvalue weighted by Crippen LogP contribution is -2.14. The largest absolute Gasteiger partial charge is 0.339 e. The van der Waals surface area contributed by atoms with Crippen LogP contribution >= 0.6 is 0 Å². The Bertz CT molecular complexity index is 1510. The van der Waals surface area contributed by atoms with E-state index in [9.17, 15) is 13.0 Å². The van der Waals surface area contributed by atoms with Gasteiger partial charge >= 0.3 is 0 Å². The van der Waals surface area contributed by atoms with Crippen molar-refractivity contribution in [2.24, 2.45) is 7.05 Å². The fourth-order valence-corrected chi connectivity index (χ4v) is 4.63. The zero-order chi connectivity index (χ0) is 24.3. The Hall–Kier alpha value is -3.35. The Balaban J connectivity index is 1.65. The molecular formula is C21H22F2N8O2S. The number of hydrogen-bond acceptors (Lipinski definition) is 9. The summed E-state index contributed by atoms with van der Waals surface area (Å²) < 4.78 is 56.8. The molecule has 13 heteroatoms. The van der Waals surface area contributed by atoms with Crippen molar-refractivity contribution in [1.29, 1.82) is 4.78 Å². The quantitative estimate of drug-likeness (QED) is 0.407. The number of halogens is 2. The molecule has 1 aliphatic carbocycles. The van der Waals surface area contributed by atoms with Crippen LogP contribution < -0.4 is 0 Å². The van der Waals surface area contributed by atoms with Gasteiger partial charge < -0.3 is 9.09 Å². The second-order valence-corrected chi connectivity index (χ2v) is 10.6. The molecule has 1 fully saturated rings. The van der Waals surface area contributed by atoms with Crippen LogP contribution in [0, 0.1) is 4.78 Å². The normalized spacial score (nSPS) is 16.1. The van der Waals surface area contributed by atoms with Crippen molar-refractivity contribution in [2.45, 2.75) is 49.8 Å². The Morgan fingerprint density at radius 2 is 2.00 bits per heavy atom. The number of aromatic nitrogens is 7. The molecule has 1 unspecified atom stereocenters. The number of rotatable bonds is 7. The van der Waals surface area contributed by atoms with Gasteiger partial charge in [-0.15, -0.1) is 10.2 Å². The van der Waals surface area contributed by atoms with Gasteiger partial charge in [-0.3, -0.25) is 4.98 Å². The minimum Gasteiger partial charge on any atom is -0.339 e. The van der Waals surface area contributed by atoms with Crippen LogP contribution in [0.5, 0.6) is 0 Å². The second kappa shape index (κ2) is 7.86. The molecule has 1 aliphatic rings. The van der Waals surface area contributed by atoms with E-state index in [1.165, 1.54) is 23.8 Å². The van der Waals surface area contributed by atoms with Gasteiger partial charge in [0.1, 0.15) is 16.9 Å². The minimum absolute atomic E-state index is 0.0430. The molecule has 4 heterocycles. The van der Waals surface area contributed by atoms with E-state index >= 15 is 0 Å². The summed E-state index contributed by atoms with van der Waals surface area (Å²) in [6, 6.07) is 2.75. The lowest BCUT2D eigenvalue weighted by molar-refractivity contribution is -0.0134. The van der Waals surface area contributed by atoms with E-state index in [2.05, 4.69) is 30.3 Å². The van der Waals surface area contributed by atoms with Crippen molar-refractivity contribution in [1.82, 2.24) is 34.9 Å². The fourth-order valence-electron chi connectivity index (χ4n) is 3.55. The van der Waals surface area contributed by atoms with Crippen LogP contribution in [0.1, 0.15) is 50.6 Å². The molecule has 10 nitrogen and oxygen atoms in total. The van der Waals surface area contributed by atoms with Crippen molar-refractivity contribution in [2.75, 3.05) is 5.75 Å². The van der Waals surface area contributed by atoms with Gasteiger partial charge in [-0.05, 0) is 25.0 Å². The molecule has 0 spiro atoms. The van der Waals surface area contributed by atoms with E-state index in [1.807, 2.05) is 0 Å². The molecular weight excluding hydrogens is 466 g/mol. The van der Waals surface area contributed by atoms with Crippen LogP contribution in [0.2, 0.25) is 0 Å². The second-order valence-electron chi connectivity index (χ2n) is 8.26. The molecule has 5 rings (SSSR count). The average molecular weight is 489 g/mol. The van der Waals surface area contributed by atoms with Gasteiger partial charge in [-0.25, -0.2) is 14.0 Å². The minimum atomic E-state index is -3.25. The maximum Gasteiger partial charge on any atom is 0.291 e. The molecule has 1 N–H and O–H groups in total. The number of hydrogen-bond donors (Lipinski definition) is 1. The highest BCUT2D eigenvalue weighted by molar-refractivity contribution is 7.92. The summed E-state index contributed by atoms with van der Waals surface area (Å²) in [6.45, 7) is 3.01. The Kier molecular flexibility index (Phi) is 5.19. The zero-order valence-corrected chi connectivity index (χ0v) is 19.6. The van der Waals surface area contributed by atoms with Crippen LogP contribution in [0.25, 0.3) is 34.1 Å². The highest BCUT2D eigenvalue weighted by Gasteiger charge is 2.33. The third-order valence-corrected chi connectivity index (χ3v) is 7.72. The highest BCUT2D eigenvalue weighted by atomic mass is 32.2. The first-order valence-electron chi connectivity index (χ1n) is 10.8. The number of imidazole rings is 1. The lowest BCUT2D eigenvalue weighted by Gasteiger charge is -2.12. The van der Waals surface area contributed by atoms with E-state index in [1.54, 1.807) is 20.0 Å². The summed E-state index contributed by atoms with van der Waals surface area (Å²) in [4.78, 5) is 13.4. The lowest BCUT2D eigenvalue weighted by atomic mass is 10.2. The van der Waals surface area contributed by atoms with Gasteiger partial charge in [0.05, 0.1) is 14.6 Å². The number of aryl methyl sites for hydroxylation is 1. The van der Waals surface area contributed by atoms with Gasteiger partial charge in [0.15, 0.2) is 11.5 Å². The van der Waals surface area contributed by atoms with Gasteiger partial charge in [0.2, 0.25) is 11.7 Å². The topological polar surface area (TPSA) is 136 Å². The van der Waals surface area contributed by atoms with Gasteiger partial charge in [0.25, 0.3) is 5.92 Å². The molecule has 0 saturated heterocycles. The summed E-state index contributed by atoms with van der Waals surface area (Å²) in [7, 11) is -1.62. The molecule has 1 saturated carbocycles. The summed E-state index contributed by atoms with van der Waals surface area (Å²) in [5, 5.41) is 11.6. The first-order valence-corrected chi connectivity index (χ1v) is 12.6. The van der Waals surface area contributed by atoms with Gasteiger partial charge in [-0.1, -0.05) is 19.0 Å². The van der Waals surface area contributed by atoms with Crippen molar-refractivity contribution >= 4 is 20.9 Å². The van der Waals surface area contributed by atoms with Crippen molar-refractivity contribution < 1.29 is 17.5 Å². The molecule has 4 aromatic heterocycles. The standard InChI is InChI=1S/C21H22F2N8O2S/c1-4-21(22,23)15-9-13-18(29-28-15)31(3)19(26-13)16-14(34(24,32)5-2)8-12(10-25-16)17-27-20(33-30-17)11-6-7-11/h8-11,24H,4-7H2,1-3H3. The van der Waals surface area contributed by atoms with E-state index < -0.39 is 27.8 Å². The number of pyridine rings is 1. The average Bonchev–Trinajstić information content (AvgIpc) is 3.48. The third kappa shape index (κ3) is 3.73. The van der Waals surface area contributed by atoms with Gasteiger partial charge in [-0.2, -0.15) is 13.8 Å². The summed E-state index contributed by atoms with van der Waals surface area (Å²) in [5.41, 5.74) is 0.652. The molecule has 0 aromatic carbocycles. The highest BCUT2D eigenvalue weighted by Crippen LogP contribution is 2.40. The van der Waals surface area contributed by atoms with Crippen LogP contribution in [0.4, 0.5) is 8.78 Å². The van der Waals surface area contributed by atoms with Crippen LogP contribution in [0.3, 0.4) is 0 Å². The SMILES string of the molecule is CCC(F)(F)c1cc2nc(-c3ncc(-c4noc(C5CC5)n4)cc3S(=N)(=O)CC)n(C)c2nn1. The molecule has 0 aliphatic heterocycles. The van der Waals surface area contributed by atoms with Crippen LogP contribution in [0.15, 0.2) is 27.7 Å². The predicted molar refractivity (Wildman–Crippen MR) is 119 cm³/mol. The molecule has 0 bridgehead atoms. The van der Waals surface area contributed by atoms with Crippen molar-refractivity contribution in [3.8, 4) is 22.9 Å². The molecule has 4 aromatic rings. The van der Waals surface area contributed by atoms with Crippen molar-refractivity contribution in [3.05, 3.63) is 29.9 Å². The maximum atomic E-state index is 14.1. The van der Waals surface area contributed by atoms with E-state index in [0.717, 1.165) is 12.8 Å². The summed E-state index contributed by atoms with van der Waals surface area (Å²) >= 11 is 0. The Morgan fingerprint density at radius 3 is 2.68 bits per heavy atom. The first-order chi connectivity index (χ1) is 16.1. The van der Waals surface area contributed by atoms with E-state index in [-0.39, 0.29) is 39.2 Å². The van der Waals surface area contributed by atoms with Crippen LogP contribution in [-0.2, 0) is 22.7 Å². The zero-order valence-electron chi connectivity index (χ0n) is 18.7. The van der Waals surface area contributed by atoms with E-state index in [4.69, 9.17) is 9.30 Å². The van der Waals surface area contributed by atoms with E-state index in [0.29, 0.717) is 17.3 Å². The number of alkyl halides is 2. The number of nitrogens with one attached hydrogen (secondary N) is 1. The predicted octanol–water partition coefficient (Wildman–Crippen LogP) is 4.28. The third-order valence-electron chi connectivity index (χ3n) is 5.89. The first kappa shape index (κ1) is 22.4. The molecule has 0 radical (unpaired) electrons. The monoisotopic (exact) mass is 488 g/mol. The summed E-state index contributed by atoms with van der Waals surface area (Å²) in [6.07, 6.45) is 3.08. The Morgan fingerprint density at radius 1 is 1.24 bits per heavy atom. The molecule has 34 heavy (non-hydrogen) atoms. The van der Waals surface area contributed by atoms with Crippen molar-refractivity contribution in [3.63, 3.8) is 0 Å². The Labute approximate surface area is 193 Å². The smallest absolute Gasteiger partial charge is 0.291 e. The van der Waals surface area contributed by atoms with Crippen LogP contribution in [-0.4, -0.2) is 44.8 Å². The summed E-state index contributed by atoms with van der Waals surface area (Å²) in [5.74, 6) is -1.72. The number of fused-ring (bicyclic) bond motifs is 1. The molecule has 1 atom stereocenters. The maximum absolute atomic E-state index is 14.1.